The molecule has 2 N–H and O–H groups in total. The van der Waals surface area contributed by atoms with Crippen LogP contribution in [-0.4, -0.2) is 71.7 Å². The van der Waals surface area contributed by atoms with Crippen molar-refractivity contribution < 1.29 is 19.3 Å². The number of piperidine rings is 1. The van der Waals surface area contributed by atoms with Gasteiger partial charge >= 0.3 is 0 Å². The van der Waals surface area contributed by atoms with Gasteiger partial charge in [-0.25, -0.2) is 0 Å². The van der Waals surface area contributed by atoms with E-state index in [9.17, 15) is 24.5 Å². The average Bonchev–Trinajstić information content (AvgIpc) is 2.77. The summed E-state index contributed by atoms with van der Waals surface area (Å²) in [5, 5.41) is 11.7. The van der Waals surface area contributed by atoms with Crippen LogP contribution in [0.5, 0.6) is 0 Å². The Morgan fingerprint density at radius 2 is 1.84 bits per heavy atom. The minimum Gasteiger partial charge on any atom is -0.370 e. The third kappa shape index (κ3) is 5.50. The lowest BCUT2D eigenvalue weighted by Gasteiger charge is -2.35. The van der Waals surface area contributed by atoms with Gasteiger partial charge in [0.05, 0.1) is 4.92 Å². The Hall–Kier alpha value is -3.17. The summed E-state index contributed by atoms with van der Waals surface area (Å²) in [6.07, 6.45) is 2.70. The molecule has 3 rings (SSSR count). The molecule has 168 valence electrons. The Kier molecular flexibility index (Phi) is 7.09. The Labute approximate surface area is 181 Å². The second-order valence-electron chi connectivity index (χ2n) is 8.22. The summed E-state index contributed by atoms with van der Waals surface area (Å²) in [5.74, 6) is -0.388. The number of hydrogen-bond acceptors (Lipinski definition) is 6. The van der Waals surface area contributed by atoms with E-state index in [1.807, 2.05) is 4.90 Å². The molecule has 1 aromatic carbocycles. The van der Waals surface area contributed by atoms with Crippen LogP contribution in [0.1, 0.15) is 43.0 Å². The van der Waals surface area contributed by atoms with Crippen LogP contribution in [0.3, 0.4) is 0 Å². The third-order valence-corrected chi connectivity index (χ3v) is 6.09. The summed E-state index contributed by atoms with van der Waals surface area (Å²) in [4.78, 5) is 52.2. The van der Waals surface area contributed by atoms with Crippen molar-refractivity contribution in [3.05, 3.63) is 33.9 Å². The van der Waals surface area contributed by atoms with Gasteiger partial charge in [0.1, 0.15) is 5.69 Å². The molecule has 10 nitrogen and oxygen atoms in total. The van der Waals surface area contributed by atoms with Crippen LogP contribution in [0.2, 0.25) is 0 Å². The fourth-order valence-electron chi connectivity index (χ4n) is 4.35. The van der Waals surface area contributed by atoms with Crippen LogP contribution in [-0.2, 0) is 9.59 Å². The molecule has 2 heterocycles. The Bertz CT molecular complexity index is 866. The van der Waals surface area contributed by atoms with E-state index in [2.05, 4.69) is 0 Å². The van der Waals surface area contributed by atoms with Crippen LogP contribution in [0, 0.1) is 16.0 Å². The number of nitrogens with zero attached hydrogens (tertiary/aromatic N) is 4. The first-order valence-corrected chi connectivity index (χ1v) is 10.6. The van der Waals surface area contributed by atoms with Crippen LogP contribution in [0.15, 0.2) is 18.2 Å². The van der Waals surface area contributed by atoms with Crippen molar-refractivity contribution in [2.75, 3.05) is 44.2 Å². The number of nitro benzene ring substituents is 1. The van der Waals surface area contributed by atoms with Gasteiger partial charge in [0.15, 0.2) is 0 Å². The molecule has 1 atom stereocenters. The molecule has 2 saturated heterocycles. The molecule has 0 spiro atoms. The Morgan fingerprint density at radius 3 is 2.45 bits per heavy atom. The SMILES string of the molecule is CC(=O)N1CCN(c2ccc(C(=O)N3CCCC(CCC(N)=O)C3)cc2[N+](=O)[O-])CC1. The van der Waals surface area contributed by atoms with E-state index in [-0.39, 0.29) is 34.9 Å². The molecule has 1 unspecified atom stereocenters. The monoisotopic (exact) mass is 431 g/mol. The topological polar surface area (TPSA) is 130 Å². The van der Waals surface area contributed by atoms with Gasteiger partial charge in [-0.2, -0.15) is 0 Å². The molecule has 3 amide bonds. The molecule has 2 fully saturated rings. The number of amides is 3. The van der Waals surface area contributed by atoms with Crippen LogP contribution in [0.25, 0.3) is 0 Å². The maximum atomic E-state index is 13.0. The number of carbonyl (C=O) groups excluding carboxylic acids is 3. The fraction of sp³-hybridized carbons (Fsp3) is 0.571. The average molecular weight is 431 g/mol. The predicted octanol–water partition coefficient (Wildman–Crippen LogP) is 1.38. The van der Waals surface area contributed by atoms with Crippen molar-refractivity contribution in [3.63, 3.8) is 0 Å². The normalized spacial score (nSPS) is 19.3. The minimum absolute atomic E-state index is 0.00856. The summed E-state index contributed by atoms with van der Waals surface area (Å²) < 4.78 is 0. The van der Waals surface area contributed by atoms with E-state index in [4.69, 9.17) is 5.73 Å². The fourth-order valence-corrected chi connectivity index (χ4v) is 4.35. The van der Waals surface area contributed by atoms with Crippen LogP contribution < -0.4 is 10.6 Å². The highest BCUT2D eigenvalue weighted by Gasteiger charge is 2.29. The van der Waals surface area contributed by atoms with Crippen molar-refractivity contribution in [1.29, 1.82) is 0 Å². The molecular weight excluding hydrogens is 402 g/mol. The smallest absolute Gasteiger partial charge is 0.293 e. The lowest BCUT2D eigenvalue weighted by Crippen LogP contribution is -2.48. The zero-order chi connectivity index (χ0) is 22.5. The second-order valence-corrected chi connectivity index (χ2v) is 8.22. The number of anilines is 1. The molecule has 0 aliphatic carbocycles. The van der Waals surface area contributed by atoms with Crippen molar-refractivity contribution in [2.45, 2.75) is 32.6 Å². The van der Waals surface area contributed by atoms with E-state index >= 15 is 0 Å². The highest BCUT2D eigenvalue weighted by atomic mass is 16.6. The summed E-state index contributed by atoms with van der Waals surface area (Å²) in [6, 6.07) is 4.61. The number of hydrogen-bond donors (Lipinski definition) is 1. The molecule has 0 bridgehead atoms. The molecule has 0 radical (unpaired) electrons. The quantitative estimate of drug-likeness (QED) is 0.535. The number of primary amides is 1. The van der Waals surface area contributed by atoms with Crippen molar-refractivity contribution in [1.82, 2.24) is 9.80 Å². The summed E-state index contributed by atoms with van der Waals surface area (Å²) in [6.45, 7) is 4.64. The van der Waals surface area contributed by atoms with Crippen LogP contribution in [0.4, 0.5) is 11.4 Å². The maximum absolute atomic E-state index is 13.0. The second kappa shape index (κ2) is 9.76. The van der Waals surface area contributed by atoms with E-state index in [0.29, 0.717) is 57.8 Å². The first-order valence-electron chi connectivity index (χ1n) is 10.6. The van der Waals surface area contributed by atoms with E-state index in [1.165, 1.54) is 13.0 Å². The summed E-state index contributed by atoms with van der Waals surface area (Å²) in [5.41, 5.74) is 5.87. The Morgan fingerprint density at radius 1 is 1.13 bits per heavy atom. The molecule has 0 saturated carbocycles. The number of nitro groups is 1. The lowest BCUT2D eigenvalue weighted by molar-refractivity contribution is -0.384. The van der Waals surface area contributed by atoms with Gasteiger partial charge in [-0.15, -0.1) is 0 Å². The van der Waals surface area contributed by atoms with Gasteiger partial charge < -0.3 is 20.4 Å². The van der Waals surface area contributed by atoms with E-state index in [1.54, 1.807) is 21.9 Å². The molecule has 10 heteroatoms. The number of piperazine rings is 1. The van der Waals surface area contributed by atoms with E-state index in [0.717, 1.165) is 12.8 Å². The van der Waals surface area contributed by atoms with Gasteiger partial charge in [-0.1, -0.05) is 0 Å². The van der Waals surface area contributed by atoms with Gasteiger partial charge in [0.2, 0.25) is 11.8 Å². The molecule has 0 aromatic heterocycles. The predicted molar refractivity (Wildman–Crippen MR) is 115 cm³/mol. The van der Waals surface area contributed by atoms with Gasteiger partial charge in [-0.05, 0) is 37.3 Å². The number of carbonyl (C=O) groups is 3. The van der Waals surface area contributed by atoms with Crippen LogP contribution >= 0.6 is 0 Å². The molecule has 2 aliphatic heterocycles. The highest BCUT2D eigenvalue weighted by molar-refractivity contribution is 5.96. The maximum Gasteiger partial charge on any atom is 0.293 e. The highest BCUT2D eigenvalue weighted by Crippen LogP contribution is 2.31. The molecule has 2 aliphatic rings. The van der Waals surface area contributed by atoms with Crippen molar-refractivity contribution >= 4 is 29.1 Å². The standard InChI is InChI=1S/C21H29N5O5/c1-15(27)23-9-11-24(12-10-23)18-6-5-17(13-19(18)26(30)31)21(29)25-8-2-3-16(14-25)4-7-20(22)28/h5-6,13,16H,2-4,7-12,14H2,1H3,(H2,22,28). The molecular formula is C21H29N5O5. The molecule has 31 heavy (non-hydrogen) atoms. The number of rotatable bonds is 6. The number of benzene rings is 1. The Balaban J connectivity index is 1.73. The van der Waals surface area contributed by atoms with Gasteiger partial charge in [-0.3, -0.25) is 24.5 Å². The summed E-state index contributed by atoms with van der Waals surface area (Å²) in [7, 11) is 0. The summed E-state index contributed by atoms with van der Waals surface area (Å²) >= 11 is 0. The zero-order valence-electron chi connectivity index (χ0n) is 17.8. The van der Waals surface area contributed by atoms with Crippen molar-refractivity contribution in [2.24, 2.45) is 11.7 Å². The number of likely N-dealkylation sites (tertiary alicyclic amines) is 1. The number of nitrogens with two attached hydrogens (primary N) is 1. The first-order chi connectivity index (χ1) is 14.8. The minimum atomic E-state index is -0.463. The largest absolute Gasteiger partial charge is 0.370 e. The lowest BCUT2D eigenvalue weighted by atomic mass is 9.93. The van der Waals surface area contributed by atoms with Crippen molar-refractivity contribution in [3.8, 4) is 0 Å². The first kappa shape index (κ1) is 22.5. The van der Waals surface area contributed by atoms with Gasteiger partial charge in [0.25, 0.3) is 11.6 Å². The molecule has 1 aromatic rings. The van der Waals surface area contributed by atoms with E-state index < -0.39 is 4.92 Å². The third-order valence-electron chi connectivity index (χ3n) is 6.09. The van der Waals surface area contributed by atoms with Gasteiger partial charge in [0, 0.05) is 64.2 Å². The zero-order valence-corrected chi connectivity index (χ0v) is 17.8.